The molecule has 1 aromatic carbocycles. The molecule has 0 atom stereocenters. The number of hydrogen-bond acceptors (Lipinski definition) is 5. The van der Waals surface area contributed by atoms with Crippen molar-refractivity contribution in [2.24, 2.45) is 7.05 Å². The number of fused-ring (bicyclic) bond motifs is 1. The first kappa shape index (κ1) is 19.6. The molecule has 8 nitrogen and oxygen atoms in total. The molecule has 1 heterocycles. The first-order valence-electron chi connectivity index (χ1n) is 8.22. The molecular weight excluding hydrogens is 338 g/mol. The van der Waals surface area contributed by atoms with Crippen molar-refractivity contribution >= 4 is 22.9 Å². The number of nitrogens with one attached hydrogen (secondary N) is 1. The van der Waals surface area contributed by atoms with Crippen LogP contribution in [0, 0.1) is 0 Å². The Morgan fingerprint density at radius 3 is 2.73 bits per heavy atom. The normalized spacial score (nSPS) is 10.6. The Kier molecular flexibility index (Phi) is 6.88. The van der Waals surface area contributed by atoms with Gasteiger partial charge in [-0.3, -0.25) is 4.79 Å². The van der Waals surface area contributed by atoms with E-state index in [9.17, 15) is 9.59 Å². The number of aliphatic hydroxyl groups is 1. The van der Waals surface area contributed by atoms with Gasteiger partial charge in [0, 0.05) is 26.7 Å². The van der Waals surface area contributed by atoms with E-state index in [-0.39, 0.29) is 19.1 Å². The van der Waals surface area contributed by atoms with Gasteiger partial charge < -0.3 is 24.8 Å². The molecule has 0 aliphatic heterocycles. The van der Waals surface area contributed by atoms with Crippen LogP contribution in [0.25, 0.3) is 10.9 Å². The first-order valence-corrected chi connectivity index (χ1v) is 8.22. The molecule has 2 amide bonds. The van der Waals surface area contributed by atoms with Gasteiger partial charge >= 0.3 is 6.09 Å². The van der Waals surface area contributed by atoms with E-state index < -0.39 is 6.09 Å². The van der Waals surface area contributed by atoms with E-state index in [1.807, 2.05) is 13.1 Å². The zero-order valence-electron chi connectivity index (χ0n) is 15.2. The van der Waals surface area contributed by atoms with Crippen molar-refractivity contribution in [3.63, 3.8) is 0 Å². The van der Waals surface area contributed by atoms with E-state index in [0.717, 1.165) is 5.52 Å². The Bertz CT molecular complexity index is 792. The summed E-state index contributed by atoms with van der Waals surface area (Å²) in [4.78, 5) is 25.6. The van der Waals surface area contributed by atoms with Crippen LogP contribution < -0.4 is 14.6 Å². The number of amides is 2. The summed E-state index contributed by atoms with van der Waals surface area (Å²) >= 11 is 0. The number of aromatic nitrogens is 1. The molecule has 140 valence electrons. The fourth-order valence-corrected chi connectivity index (χ4v) is 2.36. The first-order chi connectivity index (χ1) is 12.4. The standard InChI is InChI=1S/C18H23N3O5/c1-20(2)18(24)26-16-6-4-5-15-14(16)11-13(12-21(15)3)17(23)19-7-9-25-10-8-22/h4-6,11-12,22H,7-10H2,1-3H3/p+1. The number of aryl methyl sites for hydroxylation is 1. The summed E-state index contributed by atoms with van der Waals surface area (Å²) < 4.78 is 12.3. The Labute approximate surface area is 151 Å². The molecule has 2 N–H and O–H groups in total. The summed E-state index contributed by atoms with van der Waals surface area (Å²) in [6, 6.07) is 7.05. The number of carbonyl (C=O) groups excluding carboxylic acids is 2. The average molecular weight is 362 g/mol. The van der Waals surface area contributed by atoms with Crippen molar-refractivity contribution in [1.29, 1.82) is 0 Å². The second-order valence-electron chi connectivity index (χ2n) is 5.88. The molecule has 0 saturated carbocycles. The summed E-state index contributed by atoms with van der Waals surface area (Å²) in [5, 5.41) is 12.1. The third kappa shape index (κ3) is 4.90. The van der Waals surface area contributed by atoms with E-state index in [2.05, 4.69) is 5.32 Å². The maximum Gasteiger partial charge on any atom is 0.414 e. The smallest absolute Gasteiger partial charge is 0.409 e. The van der Waals surface area contributed by atoms with Crippen LogP contribution in [-0.4, -0.2) is 62.5 Å². The number of benzene rings is 1. The van der Waals surface area contributed by atoms with Gasteiger partial charge in [-0.25, -0.2) is 9.36 Å². The number of pyridine rings is 1. The average Bonchev–Trinajstić information content (AvgIpc) is 2.61. The van der Waals surface area contributed by atoms with Gasteiger partial charge in [-0.1, -0.05) is 6.07 Å². The maximum absolute atomic E-state index is 12.4. The lowest BCUT2D eigenvalue weighted by atomic mass is 10.1. The van der Waals surface area contributed by atoms with Crippen molar-refractivity contribution in [2.45, 2.75) is 0 Å². The monoisotopic (exact) mass is 362 g/mol. The van der Waals surface area contributed by atoms with Gasteiger partial charge in [-0.05, 0) is 12.1 Å². The molecule has 1 aromatic heterocycles. The number of aliphatic hydroxyl groups excluding tert-OH is 1. The summed E-state index contributed by atoms with van der Waals surface area (Å²) in [6.45, 7) is 0.833. The molecule has 2 aromatic rings. The van der Waals surface area contributed by atoms with Crippen LogP contribution in [0.1, 0.15) is 10.4 Å². The summed E-state index contributed by atoms with van der Waals surface area (Å²) in [7, 11) is 5.03. The molecule has 8 heteroatoms. The van der Waals surface area contributed by atoms with Crippen LogP contribution in [0.2, 0.25) is 0 Å². The van der Waals surface area contributed by atoms with Gasteiger partial charge in [0.25, 0.3) is 5.91 Å². The molecule has 0 spiro atoms. The minimum atomic E-state index is -0.490. The minimum absolute atomic E-state index is 0.0527. The summed E-state index contributed by atoms with van der Waals surface area (Å²) in [6.07, 6.45) is 1.22. The van der Waals surface area contributed by atoms with Crippen molar-refractivity contribution in [3.05, 3.63) is 36.0 Å². The highest BCUT2D eigenvalue weighted by Gasteiger charge is 2.18. The molecule has 0 unspecified atom stereocenters. The SMILES string of the molecule is CN(C)C(=O)Oc1cccc2c1cc(C(=O)NCCOCCO)c[n+]2C. The van der Waals surface area contributed by atoms with Crippen molar-refractivity contribution in [2.75, 3.05) is 40.5 Å². The Hall–Kier alpha value is -2.71. The quantitative estimate of drug-likeness (QED) is 0.552. The van der Waals surface area contributed by atoms with Crippen LogP contribution in [0.15, 0.2) is 30.5 Å². The molecular formula is C18H24N3O5+. The fourth-order valence-electron chi connectivity index (χ4n) is 2.36. The van der Waals surface area contributed by atoms with E-state index in [0.29, 0.717) is 29.9 Å². The number of hydrogen-bond donors (Lipinski definition) is 2. The highest BCUT2D eigenvalue weighted by atomic mass is 16.6. The zero-order valence-corrected chi connectivity index (χ0v) is 15.2. The number of ether oxygens (including phenoxy) is 2. The molecule has 0 aliphatic carbocycles. The second-order valence-corrected chi connectivity index (χ2v) is 5.88. The molecule has 2 rings (SSSR count). The third-order valence-electron chi connectivity index (χ3n) is 3.65. The molecule has 0 bridgehead atoms. The van der Waals surface area contributed by atoms with E-state index in [4.69, 9.17) is 14.6 Å². The fraction of sp³-hybridized carbons (Fsp3) is 0.389. The summed E-state index contributed by atoms with van der Waals surface area (Å²) in [5.74, 6) is 0.126. The Balaban J connectivity index is 2.23. The third-order valence-corrected chi connectivity index (χ3v) is 3.65. The van der Waals surface area contributed by atoms with Gasteiger partial charge in [0.2, 0.25) is 5.52 Å². The maximum atomic E-state index is 12.4. The highest BCUT2D eigenvalue weighted by molar-refractivity contribution is 5.97. The predicted octanol–water partition coefficient (Wildman–Crippen LogP) is 0.463. The van der Waals surface area contributed by atoms with E-state index >= 15 is 0 Å². The Morgan fingerprint density at radius 2 is 2.04 bits per heavy atom. The van der Waals surface area contributed by atoms with Crippen LogP contribution in [0.5, 0.6) is 5.75 Å². The molecule has 0 radical (unpaired) electrons. The second kappa shape index (κ2) is 9.12. The van der Waals surface area contributed by atoms with Crippen molar-refractivity contribution < 1.29 is 28.7 Å². The lowest BCUT2D eigenvalue weighted by molar-refractivity contribution is -0.645. The molecule has 0 fully saturated rings. The zero-order chi connectivity index (χ0) is 19.1. The van der Waals surface area contributed by atoms with Crippen molar-refractivity contribution in [1.82, 2.24) is 10.2 Å². The van der Waals surface area contributed by atoms with Gasteiger partial charge in [-0.2, -0.15) is 0 Å². The van der Waals surface area contributed by atoms with Gasteiger partial charge in [0.15, 0.2) is 6.20 Å². The van der Waals surface area contributed by atoms with Gasteiger partial charge in [0.1, 0.15) is 18.4 Å². The minimum Gasteiger partial charge on any atom is -0.409 e. The largest absolute Gasteiger partial charge is 0.414 e. The van der Waals surface area contributed by atoms with Crippen LogP contribution in [0.3, 0.4) is 0 Å². The molecule has 0 saturated heterocycles. The predicted molar refractivity (Wildman–Crippen MR) is 95.1 cm³/mol. The van der Waals surface area contributed by atoms with Crippen LogP contribution in [0.4, 0.5) is 4.79 Å². The van der Waals surface area contributed by atoms with Gasteiger partial charge in [-0.15, -0.1) is 0 Å². The van der Waals surface area contributed by atoms with Crippen LogP contribution in [-0.2, 0) is 11.8 Å². The van der Waals surface area contributed by atoms with Gasteiger partial charge in [0.05, 0.1) is 25.2 Å². The number of nitrogens with zero attached hydrogens (tertiary/aromatic N) is 2. The number of rotatable bonds is 7. The lowest BCUT2D eigenvalue weighted by Crippen LogP contribution is -2.34. The Morgan fingerprint density at radius 1 is 1.27 bits per heavy atom. The summed E-state index contributed by atoms with van der Waals surface area (Å²) in [5.41, 5.74) is 1.27. The van der Waals surface area contributed by atoms with E-state index in [1.165, 1.54) is 4.90 Å². The molecule has 26 heavy (non-hydrogen) atoms. The topological polar surface area (TPSA) is 92.0 Å². The lowest BCUT2D eigenvalue weighted by Gasteiger charge is -2.12. The van der Waals surface area contributed by atoms with Crippen molar-refractivity contribution in [3.8, 4) is 5.75 Å². The van der Waals surface area contributed by atoms with E-state index in [1.54, 1.807) is 43.1 Å². The van der Waals surface area contributed by atoms with Crippen LogP contribution >= 0.6 is 0 Å². The number of carbonyl (C=O) groups is 2. The molecule has 0 aliphatic rings. The highest BCUT2D eigenvalue weighted by Crippen LogP contribution is 2.24.